The molecule has 0 spiro atoms. The van der Waals surface area contributed by atoms with Crippen molar-refractivity contribution < 1.29 is 24.5 Å². The summed E-state index contributed by atoms with van der Waals surface area (Å²) in [6.45, 7) is 6.28. The lowest BCUT2D eigenvalue weighted by Gasteiger charge is -2.24. The van der Waals surface area contributed by atoms with Crippen LogP contribution in [0.1, 0.15) is 220 Å². The summed E-state index contributed by atoms with van der Waals surface area (Å²) in [5.74, 6) is -0.552. The van der Waals surface area contributed by atoms with Gasteiger partial charge in [-0.15, -0.1) is 0 Å². The van der Waals surface area contributed by atoms with Crippen molar-refractivity contribution in [2.45, 2.75) is 238 Å². The van der Waals surface area contributed by atoms with Gasteiger partial charge < -0.3 is 20.3 Å². The van der Waals surface area contributed by atoms with E-state index in [2.05, 4.69) is 99.0 Å². The van der Waals surface area contributed by atoms with Gasteiger partial charge in [0.15, 0.2) is 0 Å². The predicted molar refractivity (Wildman–Crippen MR) is 259 cm³/mol. The summed E-state index contributed by atoms with van der Waals surface area (Å²) in [4.78, 5) is 26.1. The molecule has 0 saturated carbocycles. The SMILES string of the molecule is CC/C=C/C=C/C=C\CCCCCC(CC(=O)NC(CO)C(O)CCCCCCCCCCCCC)OC(=O)CCCCC/C=C\C/C=C\C/C=C\C/C=C\CCCCC. The van der Waals surface area contributed by atoms with Crippen LogP contribution in [0.25, 0.3) is 0 Å². The van der Waals surface area contributed by atoms with Gasteiger partial charge in [-0.25, -0.2) is 0 Å². The van der Waals surface area contributed by atoms with Crippen molar-refractivity contribution in [3.63, 3.8) is 0 Å². The lowest BCUT2D eigenvalue weighted by molar-refractivity contribution is -0.151. The van der Waals surface area contributed by atoms with Crippen molar-refractivity contribution in [3.05, 3.63) is 85.1 Å². The third-order valence-electron chi connectivity index (χ3n) is 10.8. The molecule has 0 radical (unpaired) electrons. The second kappa shape index (κ2) is 47.1. The number of rotatable bonds is 43. The molecule has 0 fully saturated rings. The van der Waals surface area contributed by atoms with Gasteiger partial charge in [0.05, 0.1) is 25.2 Å². The summed E-state index contributed by atoms with van der Waals surface area (Å²) >= 11 is 0. The van der Waals surface area contributed by atoms with E-state index < -0.39 is 18.2 Å². The molecule has 0 aliphatic rings. The number of nitrogens with one attached hydrogen (secondary N) is 1. The van der Waals surface area contributed by atoms with Gasteiger partial charge in [-0.3, -0.25) is 9.59 Å². The molecule has 6 heteroatoms. The van der Waals surface area contributed by atoms with Crippen molar-refractivity contribution in [1.82, 2.24) is 5.32 Å². The lowest BCUT2D eigenvalue weighted by Crippen LogP contribution is -2.46. The number of amides is 1. The minimum atomic E-state index is -0.805. The lowest BCUT2D eigenvalue weighted by atomic mass is 10.0. The van der Waals surface area contributed by atoms with Gasteiger partial charge in [-0.1, -0.05) is 202 Å². The van der Waals surface area contributed by atoms with Crippen LogP contribution in [0.2, 0.25) is 0 Å². The number of hydrogen-bond donors (Lipinski definition) is 3. The zero-order chi connectivity index (χ0) is 43.8. The van der Waals surface area contributed by atoms with E-state index >= 15 is 0 Å². The number of esters is 1. The Bertz CT molecular complexity index is 1160. The van der Waals surface area contributed by atoms with Gasteiger partial charge in [-0.2, -0.15) is 0 Å². The molecule has 0 aliphatic carbocycles. The Balaban J connectivity index is 4.64. The fourth-order valence-corrected chi connectivity index (χ4v) is 7.00. The first-order valence-electron chi connectivity index (χ1n) is 24.8. The highest BCUT2D eigenvalue weighted by molar-refractivity contribution is 5.77. The molecule has 3 unspecified atom stereocenters. The first-order valence-corrected chi connectivity index (χ1v) is 24.8. The molecule has 3 atom stereocenters. The molecule has 60 heavy (non-hydrogen) atoms. The molecular formula is C54H93NO5. The maximum absolute atomic E-state index is 13.2. The van der Waals surface area contributed by atoms with Gasteiger partial charge >= 0.3 is 5.97 Å². The van der Waals surface area contributed by atoms with Crippen LogP contribution >= 0.6 is 0 Å². The molecule has 0 heterocycles. The summed E-state index contributed by atoms with van der Waals surface area (Å²) in [5, 5.41) is 23.7. The van der Waals surface area contributed by atoms with Gasteiger partial charge in [0.25, 0.3) is 0 Å². The number of hydrogen-bond acceptors (Lipinski definition) is 5. The quantitative estimate of drug-likeness (QED) is 0.0246. The van der Waals surface area contributed by atoms with E-state index in [-0.39, 0.29) is 24.9 Å². The smallest absolute Gasteiger partial charge is 0.306 e. The van der Waals surface area contributed by atoms with Crippen LogP contribution in [0.4, 0.5) is 0 Å². The van der Waals surface area contributed by atoms with Crippen molar-refractivity contribution in [2.75, 3.05) is 6.61 Å². The fourth-order valence-electron chi connectivity index (χ4n) is 7.00. The molecule has 0 aromatic heterocycles. The monoisotopic (exact) mass is 836 g/mol. The van der Waals surface area contributed by atoms with Gasteiger partial charge in [-0.05, 0) is 89.9 Å². The van der Waals surface area contributed by atoms with E-state index in [4.69, 9.17) is 4.74 Å². The maximum Gasteiger partial charge on any atom is 0.306 e. The van der Waals surface area contributed by atoms with Crippen LogP contribution in [0.5, 0.6) is 0 Å². The Morgan fingerprint density at radius 3 is 1.53 bits per heavy atom. The van der Waals surface area contributed by atoms with Crippen LogP contribution in [0.3, 0.4) is 0 Å². The van der Waals surface area contributed by atoms with Crippen LogP contribution in [-0.4, -0.2) is 46.9 Å². The summed E-state index contributed by atoms with van der Waals surface area (Å²) in [5.41, 5.74) is 0. The Morgan fingerprint density at radius 1 is 0.517 bits per heavy atom. The molecule has 0 saturated heterocycles. The molecule has 0 rings (SSSR count). The van der Waals surface area contributed by atoms with E-state index in [1.807, 2.05) is 12.2 Å². The minimum Gasteiger partial charge on any atom is -0.462 e. The molecule has 0 bridgehead atoms. The predicted octanol–water partition coefficient (Wildman–Crippen LogP) is 14.8. The molecule has 0 aromatic carbocycles. The first kappa shape index (κ1) is 57.0. The molecule has 1 amide bonds. The summed E-state index contributed by atoms with van der Waals surface area (Å²) in [7, 11) is 0. The highest BCUT2D eigenvalue weighted by Crippen LogP contribution is 2.17. The Morgan fingerprint density at radius 2 is 0.967 bits per heavy atom. The van der Waals surface area contributed by atoms with E-state index in [1.54, 1.807) is 0 Å². The maximum atomic E-state index is 13.2. The number of aliphatic hydroxyl groups is 2. The zero-order valence-corrected chi connectivity index (χ0v) is 39.1. The molecule has 0 aromatic rings. The first-order chi connectivity index (χ1) is 29.5. The normalized spacial score (nSPS) is 14.0. The second-order valence-electron chi connectivity index (χ2n) is 16.5. The van der Waals surface area contributed by atoms with Gasteiger partial charge in [0.1, 0.15) is 6.10 Å². The molecule has 344 valence electrons. The number of allylic oxidation sites excluding steroid dienone is 14. The summed E-state index contributed by atoms with van der Waals surface area (Å²) < 4.78 is 5.89. The van der Waals surface area contributed by atoms with Crippen LogP contribution in [-0.2, 0) is 14.3 Å². The molecule has 0 aliphatic heterocycles. The van der Waals surface area contributed by atoms with Crippen LogP contribution in [0.15, 0.2) is 85.1 Å². The number of carbonyl (C=O) groups is 2. The van der Waals surface area contributed by atoms with Crippen molar-refractivity contribution in [2.24, 2.45) is 0 Å². The van der Waals surface area contributed by atoms with E-state index in [9.17, 15) is 19.8 Å². The standard InChI is InChI=1S/C54H93NO5/c1-4-7-10-13-16-19-22-23-24-25-26-27-28-29-32-35-38-41-44-47-54(59)60-50(45-42-39-36-33-30-20-17-14-11-8-5-2)48-53(58)55-51(49-56)52(57)46-43-40-37-34-31-21-18-15-12-9-6-3/h8,11,14,16-17,19-20,23-24,26-27,29-30,32,50-52,56-57H,4-7,9-10,12-13,15,18,21-22,25,28,31,33-49H2,1-3H3,(H,55,58)/b11-8+,17-14+,19-16-,24-23-,27-26-,30-20-,32-29-. The average Bonchev–Trinajstić information content (AvgIpc) is 3.24. The molecule has 3 N–H and O–H groups in total. The molecular weight excluding hydrogens is 743 g/mol. The zero-order valence-electron chi connectivity index (χ0n) is 39.1. The number of unbranched alkanes of at least 4 members (excludes halogenated alkanes) is 19. The van der Waals surface area contributed by atoms with E-state index in [1.165, 1.54) is 77.0 Å². The summed E-state index contributed by atoms with van der Waals surface area (Å²) in [6, 6.07) is -0.722. The molecule has 6 nitrogen and oxygen atoms in total. The number of carbonyl (C=O) groups excluding carboxylic acids is 2. The Hall–Kier alpha value is -2.96. The largest absolute Gasteiger partial charge is 0.462 e. The highest BCUT2D eigenvalue weighted by atomic mass is 16.5. The topological polar surface area (TPSA) is 95.9 Å². The van der Waals surface area contributed by atoms with Crippen LogP contribution < -0.4 is 5.32 Å². The van der Waals surface area contributed by atoms with E-state index in [0.717, 1.165) is 96.3 Å². The van der Waals surface area contributed by atoms with Gasteiger partial charge in [0.2, 0.25) is 5.91 Å². The summed E-state index contributed by atoms with van der Waals surface area (Å²) in [6.07, 6.45) is 60.7. The highest BCUT2D eigenvalue weighted by Gasteiger charge is 2.24. The van der Waals surface area contributed by atoms with Crippen molar-refractivity contribution >= 4 is 11.9 Å². The van der Waals surface area contributed by atoms with Crippen molar-refractivity contribution in [1.29, 1.82) is 0 Å². The second-order valence-corrected chi connectivity index (χ2v) is 16.5. The van der Waals surface area contributed by atoms with Crippen molar-refractivity contribution in [3.8, 4) is 0 Å². The fraction of sp³-hybridized carbons (Fsp3) is 0.704. The number of aliphatic hydroxyl groups excluding tert-OH is 2. The van der Waals surface area contributed by atoms with E-state index in [0.29, 0.717) is 19.3 Å². The van der Waals surface area contributed by atoms with Gasteiger partial charge in [0, 0.05) is 6.42 Å². The number of ether oxygens (including phenoxy) is 1. The Labute approximate surface area is 370 Å². The average molecular weight is 836 g/mol. The van der Waals surface area contributed by atoms with Crippen LogP contribution in [0, 0.1) is 0 Å². The minimum absolute atomic E-state index is 0.0371. The third kappa shape index (κ3) is 41.8. The third-order valence-corrected chi connectivity index (χ3v) is 10.8. The Kier molecular flexibility index (Phi) is 44.8.